The Hall–Kier alpha value is -2.84. The number of carbonyl (C=O) groups is 2. The summed E-state index contributed by atoms with van der Waals surface area (Å²) in [7, 11) is 0. The van der Waals surface area contributed by atoms with Crippen molar-refractivity contribution in [3.8, 4) is 0 Å². The van der Waals surface area contributed by atoms with Gasteiger partial charge in [0, 0.05) is 24.2 Å². The zero-order chi connectivity index (χ0) is 20.9. The molecule has 0 aliphatic carbocycles. The summed E-state index contributed by atoms with van der Waals surface area (Å²) in [5.74, 6) is -0.447. The summed E-state index contributed by atoms with van der Waals surface area (Å²) in [4.78, 5) is 23.9. The summed E-state index contributed by atoms with van der Waals surface area (Å²) in [5, 5.41) is 12.0. The highest BCUT2D eigenvalue weighted by atomic mass is 32.1. The van der Waals surface area contributed by atoms with Crippen LogP contribution in [0.3, 0.4) is 0 Å². The number of hydrogen-bond acceptors (Lipinski definition) is 4. The van der Waals surface area contributed by atoms with Crippen molar-refractivity contribution >= 4 is 46.5 Å². The molecule has 0 aliphatic heterocycles. The Morgan fingerprint density at radius 2 is 1.00 bits per heavy atom. The molecule has 8 heteroatoms. The SMILES string of the molecule is O=C(NC(=S)NCCCCCNC(=S)NC(=O)c1ccccc1)c1ccccc1. The number of amides is 2. The summed E-state index contributed by atoms with van der Waals surface area (Å²) in [6.45, 7) is 1.34. The third kappa shape index (κ3) is 8.80. The molecular formula is C21H24N4O2S2. The van der Waals surface area contributed by atoms with E-state index in [-0.39, 0.29) is 11.8 Å². The van der Waals surface area contributed by atoms with Crippen LogP contribution < -0.4 is 21.3 Å². The van der Waals surface area contributed by atoms with Crippen LogP contribution in [0, 0.1) is 0 Å². The first-order chi connectivity index (χ1) is 14.1. The molecule has 0 heterocycles. The van der Waals surface area contributed by atoms with E-state index >= 15 is 0 Å². The lowest BCUT2D eigenvalue weighted by molar-refractivity contribution is 0.0968. The molecule has 0 unspecified atom stereocenters. The van der Waals surface area contributed by atoms with Crippen molar-refractivity contribution in [2.24, 2.45) is 0 Å². The average molecular weight is 429 g/mol. The Bertz CT molecular complexity index is 760. The first kappa shape index (κ1) is 22.4. The van der Waals surface area contributed by atoms with E-state index in [1.165, 1.54) is 0 Å². The number of carbonyl (C=O) groups excluding carboxylic acids is 2. The molecule has 152 valence electrons. The van der Waals surface area contributed by atoms with Crippen molar-refractivity contribution in [1.82, 2.24) is 21.3 Å². The van der Waals surface area contributed by atoms with Crippen molar-refractivity contribution in [1.29, 1.82) is 0 Å². The molecule has 0 spiro atoms. The molecular weight excluding hydrogens is 404 g/mol. The lowest BCUT2D eigenvalue weighted by atomic mass is 10.2. The van der Waals surface area contributed by atoms with Gasteiger partial charge in [0.25, 0.3) is 11.8 Å². The van der Waals surface area contributed by atoms with E-state index in [0.29, 0.717) is 34.4 Å². The van der Waals surface area contributed by atoms with Crippen molar-refractivity contribution in [3.63, 3.8) is 0 Å². The Balaban J connectivity index is 1.50. The van der Waals surface area contributed by atoms with Crippen LogP contribution in [0.2, 0.25) is 0 Å². The second-order valence-electron chi connectivity index (χ2n) is 6.21. The average Bonchev–Trinajstić information content (AvgIpc) is 2.74. The smallest absolute Gasteiger partial charge is 0.257 e. The molecule has 2 amide bonds. The maximum absolute atomic E-state index is 12.0. The Morgan fingerprint density at radius 1 is 0.621 bits per heavy atom. The standard InChI is InChI=1S/C21H24N4O2S2/c26-18(16-10-4-1-5-11-16)24-20(28)22-14-8-3-9-15-23-21(29)25-19(27)17-12-6-2-7-13-17/h1-2,4-7,10-13H,3,8-9,14-15H2,(H2,22,24,26,28)(H2,23,25,27,29). The summed E-state index contributed by atoms with van der Waals surface area (Å²) in [6.07, 6.45) is 2.74. The molecule has 4 N–H and O–H groups in total. The van der Waals surface area contributed by atoms with Crippen molar-refractivity contribution in [2.45, 2.75) is 19.3 Å². The van der Waals surface area contributed by atoms with Crippen LogP contribution in [-0.4, -0.2) is 35.1 Å². The first-order valence-corrected chi connectivity index (χ1v) is 10.2. The van der Waals surface area contributed by atoms with Gasteiger partial charge in [0.2, 0.25) is 0 Å². The third-order valence-electron chi connectivity index (χ3n) is 3.95. The predicted octanol–water partition coefficient (Wildman–Crippen LogP) is 2.77. The van der Waals surface area contributed by atoms with Crippen LogP contribution in [0.15, 0.2) is 60.7 Å². The van der Waals surface area contributed by atoms with E-state index in [1.807, 2.05) is 12.1 Å². The monoisotopic (exact) mass is 428 g/mol. The van der Waals surface area contributed by atoms with Crippen LogP contribution in [0.5, 0.6) is 0 Å². The maximum atomic E-state index is 12.0. The second kappa shape index (κ2) is 12.6. The molecule has 0 bridgehead atoms. The fourth-order valence-electron chi connectivity index (χ4n) is 2.45. The molecule has 29 heavy (non-hydrogen) atoms. The van der Waals surface area contributed by atoms with E-state index in [1.54, 1.807) is 48.5 Å². The van der Waals surface area contributed by atoms with Gasteiger partial charge in [-0.3, -0.25) is 20.2 Å². The van der Waals surface area contributed by atoms with Crippen LogP contribution in [0.1, 0.15) is 40.0 Å². The highest BCUT2D eigenvalue weighted by molar-refractivity contribution is 7.80. The second-order valence-corrected chi connectivity index (χ2v) is 7.03. The quantitative estimate of drug-likeness (QED) is 0.382. The highest BCUT2D eigenvalue weighted by Crippen LogP contribution is 1.99. The van der Waals surface area contributed by atoms with Gasteiger partial charge in [0.15, 0.2) is 10.2 Å². The van der Waals surface area contributed by atoms with Crippen LogP contribution in [-0.2, 0) is 0 Å². The van der Waals surface area contributed by atoms with Gasteiger partial charge in [-0.2, -0.15) is 0 Å². The van der Waals surface area contributed by atoms with Gasteiger partial charge >= 0.3 is 0 Å². The van der Waals surface area contributed by atoms with Crippen LogP contribution >= 0.6 is 24.4 Å². The number of nitrogens with one attached hydrogen (secondary N) is 4. The molecule has 2 aromatic rings. The largest absolute Gasteiger partial charge is 0.362 e. The number of rotatable bonds is 8. The molecule has 2 aromatic carbocycles. The van der Waals surface area contributed by atoms with E-state index < -0.39 is 0 Å². The van der Waals surface area contributed by atoms with Crippen molar-refractivity contribution in [2.75, 3.05) is 13.1 Å². The van der Waals surface area contributed by atoms with Crippen LogP contribution in [0.25, 0.3) is 0 Å². The van der Waals surface area contributed by atoms with Gasteiger partial charge in [-0.1, -0.05) is 36.4 Å². The molecule has 0 saturated carbocycles. The topological polar surface area (TPSA) is 82.3 Å². The molecule has 0 aliphatic rings. The van der Waals surface area contributed by atoms with Gasteiger partial charge in [0.05, 0.1) is 0 Å². The lowest BCUT2D eigenvalue weighted by Gasteiger charge is -2.11. The minimum absolute atomic E-state index is 0.224. The van der Waals surface area contributed by atoms with Gasteiger partial charge < -0.3 is 10.6 Å². The normalized spacial score (nSPS) is 9.93. The van der Waals surface area contributed by atoms with E-state index in [4.69, 9.17) is 24.4 Å². The van der Waals surface area contributed by atoms with Gasteiger partial charge in [-0.15, -0.1) is 0 Å². The fraction of sp³-hybridized carbons (Fsp3) is 0.238. The first-order valence-electron chi connectivity index (χ1n) is 9.34. The summed E-state index contributed by atoms with van der Waals surface area (Å²) < 4.78 is 0. The molecule has 6 nitrogen and oxygen atoms in total. The zero-order valence-corrected chi connectivity index (χ0v) is 17.6. The Morgan fingerprint density at radius 3 is 1.38 bits per heavy atom. The van der Waals surface area contributed by atoms with Crippen molar-refractivity contribution in [3.05, 3.63) is 71.8 Å². The zero-order valence-electron chi connectivity index (χ0n) is 15.9. The van der Waals surface area contributed by atoms with Gasteiger partial charge in [-0.05, 0) is 68.0 Å². The van der Waals surface area contributed by atoms with E-state index in [9.17, 15) is 9.59 Å². The number of thiocarbonyl (C=S) groups is 2. The Kier molecular flexibility index (Phi) is 9.74. The minimum Gasteiger partial charge on any atom is -0.362 e. The fourth-order valence-corrected chi connectivity index (χ4v) is 2.84. The number of unbranched alkanes of at least 4 members (excludes halogenated alkanes) is 2. The molecule has 0 radical (unpaired) electrons. The molecule has 2 rings (SSSR count). The minimum atomic E-state index is -0.224. The highest BCUT2D eigenvalue weighted by Gasteiger charge is 2.07. The lowest BCUT2D eigenvalue weighted by Crippen LogP contribution is -2.40. The molecule has 0 aromatic heterocycles. The third-order valence-corrected chi connectivity index (χ3v) is 4.44. The van der Waals surface area contributed by atoms with E-state index in [0.717, 1.165) is 19.3 Å². The molecule has 0 saturated heterocycles. The van der Waals surface area contributed by atoms with E-state index in [2.05, 4.69) is 21.3 Å². The maximum Gasteiger partial charge on any atom is 0.257 e. The summed E-state index contributed by atoms with van der Waals surface area (Å²) in [5.41, 5.74) is 1.14. The van der Waals surface area contributed by atoms with Crippen LogP contribution in [0.4, 0.5) is 0 Å². The summed E-state index contributed by atoms with van der Waals surface area (Å²) in [6, 6.07) is 17.9. The van der Waals surface area contributed by atoms with Crippen molar-refractivity contribution < 1.29 is 9.59 Å². The van der Waals surface area contributed by atoms with Gasteiger partial charge in [-0.25, -0.2) is 0 Å². The summed E-state index contributed by atoms with van der Waals surface area (Å²) >= 11 is 10.3. The van der Waals surface area contributed by atoms with Gasteiger partial charge in [0.1, 0.15) is 0 Å². The number of hydrogen-bond donors (Lipinski definition) is 4. The number of benzene rings is 2. The molecule has 0 fully saturated rings. The molecule has 0 atom stereocenters. The predicted molar refractivity (Wildman–Crippen MR) is 123 cm³/mol. The Labute approximate surface area is 181 Å².